The summed E-state index contributed by atoms with van der Waals surface area (Å²) in [6.45, 7) is 2.65. The first kappa shape index (κ1) is 17.0. The standard InChI is InChI=1S/C20H20N4OS2/c1-2-24-19(25)17-12-7-3-6-10-15(12)27-18(17)23-20(24)26-11-16-21-13-8-4-5-9-14(13)22-16/h4-5,8-9H,2-3,6-7,10-11H2,1H3,(H,21,22). The van der Waals surface area contributed by atoms with Gasteiger partial charge in [-0.15, -0.1) is 11.3 Å². The molecule has 0 atom stereocenters. The van der Waals surface area contributed by atoms with Crippen molar-refractivity contribution < 1.29 is 0 Å². The van der Waals surface area contributed by atoms with E-state index in [0.717, 1.165) is 45.1 Å². The second-order valence-corrected chi connectivity index (χ2v) is 8.85. The summed E-state index contributed by atoms with van der Waals surface area (Å²) in [6, 6.07) is 8.02. The Labute approximate surface area is 164 Å². The Bertz CT molecular complexity index is 1170. The van der Waals surface area contributed by atoms with Crippen molar-refractivity contribution in [3.63, 3.8) is 0 Å². The van der Waals surface area contributed by atoms with Crippen molar-refractivity contribution in [3.05, 3.63) is 50.9 Å². The minimum Gasteiger partial charge on any atom is -0.341 e. The Morgan fingerprint density at radius 2 is 2.07 bits per heavy atom. The second kappa shape index (κ2) is 6.80. The third kappa shape index (κ3) is 2.89. The number of thiophene rings is 1. The average Bonchev–Trinajstić information content (AvgIpc) is 3.27. The van der Waals surface area contributed by atoms with Gasteiger partial charge in [-0.1, -0.05) is 23.9 Å². The van der Waals surface area contributed by atoms with Gasteiger partial charge in [0.05, 0.1) is 22.2 Å². The van der Waals surface area contributed by atoms with Crippen LogP contribution in [-0.4, -0.2) is 19.5 Å². The zero-order valence-electron chi connectivity index (χ0n) is 15.1. The van der Waals surface area contributed by atoms with E-state index < -0.39 is 0 Å². The molecule has 5 nitrogen and oxygen atoms in total. The molecule has 1 aromatic carbocycles. The van der Waals surface area contributed by atoms with Crippen LogP contribution in [0.5, 0.6) is 0 Å². The van der Waals surface area contributed by atoms with Crippen LogP contribution in [0.25, 0.3) is 21.3 Å². The number of thioether (sulfide) groups is 1. The molecule has 7 heteroatoms. The molecule has 3 heterocycles. The zero-order valence-corrected chi connectivity index (χ0v) is 16.8. The lowest BCUT2D eigenvalue weighted by atomic mass is 9.97. The number of nitrogens with zero attached hydrogens (tertiary/aromatic N) is 3. The van der Waals surface area contributed by atoms with Gasteiger partial charge >= 0.3 is 0 Å². The van der Waals surface area contributed by atoms with Gasteiger partial charge in [0.15, 0.2) is 5.16 Å². The fourth-order valence-electron chi connectivity index (χ4n) is 3.82. The Hall–Kier alpha value is -2.12. The summed E-state index contributed by atoms with van der Waals surface area (Å²) in [7, 11) is 0. The molecule has 0 fully saturated rings. The predicted octanol–water partition coefficient (Wildman–Crippen LogP) is 4.53. The molecule has 0 radical (unpaired) electrons. The summed E-state index contributed by atoms with van der Waals surface area (Å²) in [5.74, 6) is 1.57. The maximum Gasteiger partial charge on any atom is 0.263 e. The largest absolute Gasteiger partial charge is 0.341 e. The molecule has 0 amide bonds. The zero-order chi connectivity index (χ0) is 18.4. The molecule has 27 heavy (non-hydrogen) atoms. The number of para-hydroxylation sites is 2. The second-order valence-electron chi connectivity index (χ2n) is 6.82. The molecule has 1 aliphatic rings. The van der Waals surface area contributed by atoms with Crippen LogP contribution in [0.4, 0.5) is 0 Å². The van der Waals surface area contributed by atoms with Crippen molar-refractivity contribution in [2.75, 3.05) is 0 Å². The van der Waals surface area contributed by atoms with Crippen LogP contribution in [0.3, 0.4) is 0 Å². The van der Waals surface area contributed by atoms with Crippen LogP contribution in [-0.2, 0) is 25.1 Å². The first-order chi connectivity index (χ1) is 13.2. The van der Waals surface area contributed by atoms with Gasteiger partial charge < -0.3 is 4.98 Å². The normalized spacial score (nSPS) is 14.1. The number of nitrogens with one attached hydrogen (secondary N) is 1. The topological polar surface area (TPSA) is 63.6 Å². The molecule has 0 saturated heterocycles. The number of imidazole rings is 1. The summed E-state index contributed by atoms with van der Waals surface area (Å²) in [5.41, 5.74) is 3.38. The molecule has 0 spiro atoms. The van der Waals surface area contributed by atoms with Crippen LogP contribution in [0.1, 0.15) is 36.0 Å². The number of aromatic amines is 1. The van der Waals surface area contributed by atoms with Crippen molar-refractivity contribution in [3.8, 4) is 0 Å². The van der Waals surface area contributed by atoms with E-state index in [2.05, 4.69) is 9.97 Å². The molecular weight excluding hydrogens is 376 g/mol. The number of hydrogen-bond acceptors (Lipinski definition) is 5. The summed E-state index contributed by atoms with van der Waals surface area (Å²) in [4.78, 5) is 28.3. The van der Waals surface area contributed by atoms with E-state index in [4.69, 9.17) is 4.98 Å². The predicted molar refractivity (Wildman–Crippen MR) is 112 cm³/mol. The Morgan fingerprint density at radius 3 is 2.93 bits per heavy atom. The summed E-state index contributed by atoms with van der Waals surface area (Å²) in [6.07, 6.45) is 4.49. The smallest absolute Gasteiger partial charge is 0.263 e. The van der Waals surface area contributed by atoms with Crippen LogP contribution in [0.2, 0.25) is 0 Å². The number of rotatable bonds is 4. The van der Waals surface area contributed by atoms with Crippen molar-refractivity contribution in [2.45, 2.75) is 50.1 Å². The number of hydrogen-bond donors (Lipinski definition) is 1. The molecule has 1 N–H and O–H groups in total. The fraction of sp³-hybridized carbons (Fsp3) is 0.350. The first-order valence-electron chi connectivity index (χ1n) is 9.36. The van der Waals surface area contributed by atoms with Gasteiger partial charge in [-0.25, -0.2) is 9.97 Å². The lowest BCUT2D eigenvalue weighted by Crippen LogP contribution is -2.23. The molecule has 0 bridgehead atoms. The summed E-state index contributed by atoms with van der Waals surface area (Å²) in [5, 5.41) is 1.65. The lowest BCUT2D eigenvalue weighted by molar-refractivity contribution is 0.633. The van der Waals surface area contributed by atoms with E-state index in [9.17, 15) is 4.79 Å². The highest BCUT2D eigenvalue weighted by Crippen LogP contribution is 2.35. The van der Waals surface area contributed by atoms with Gasteiger partial charge in [0, 0.05) is 11.4 Å². The van der Waals surface area contributed by atoms with Crippen LogP contribution >= 0.6 is 23.1 Å². The van der Waals surface area contributed by atoms with E-state index in [1.54, 1.807) is 23.1 Å². The maximum absolute atomic E-state index is 13.2. The Morgan fingerprint density at radius 1 is 1.22 bits per heavy atom. The van der Waals surface area contributed by atoms with E-state index in [0.29, 0.717) is 12.3 Å². The quantitative estimate of drug-likeness (QED) is 0.407. The summed E-state index contributed by atoms with van der Waals surface area (Å²) >= 11 is 3.29. The SMILES string of the molecule is CCn1c(SCc2nc3ccccc3[nH]2)nc2sc3c(c2c1=O)CCCC3. The summed E-state index contributed by atoms with van der Waals surface area (Å²) < 4.78 is 1.82. The van der Waals surface area contributed by atoms with Gasteiger partial charge in [0.25, 0.3) is 5.56 Å². The fourth-order valence-corrected chi connectivity index (χ4v) is 6.05. The van der Waals surface area contributed by atoms with E-state index in [1.807, 2.05) is 35.8 Å². The van der Waals surface area contributed by atoms with E-state index in [-0.39, 0.29) is 5.56 Å². The monoisotopic (exact) mass is 396 g/mol. The molecule has 138 valence electrons. The molecular formula is C20H20N4OS2. The Balaban J connectivity index is 1.53. The van der Waals surface area contributed by atoms with Gasteiger partial charge in [0.1, 0.15) is 10.7 Å². The highest BCUT2D eigenvalue weighted by Gasteiger charge is 2.22. The first-order valence-corrected chi connectivity index (χ1v) is 11.2. The van der Waals surface area contributed by atoms with Crippen LogP contribution < -0.4 is 5.56 Å². The number of aromatic nitrogens is 4. The van der Waals surface area contributed by atoms with Gasteiger partial charge in [-0.2, -0.15) is 0 Å². The molecule has 1 aliphatic carbocycles. The minimum absolute atomic E-state index is 0.119. The number of fused-ring (bicyclic) bond motifs is 4. The third-order valence-corrected chi connectivity index (χ3v) is 7.31. The van der Waals surface area contributed by atoms with Crippen LogP contribution in [0, 0.1) is 0 Å². The van der Waals surface area contributed by atoms with Crippen LogP contribution in [0.15, 0.2) is 34.2 Å². The highest BCUT2D eigenvalue weighted by atomic mass is 32.2. The molecule has 0 aliphatic heterocycles. The van der Waals surface area contributed by atoms with E-state index in [1.165, 1.54) is 23.3 Å². The molecule has 4 aromatic rings. The number of aryl methyl sites for hydroxylation is 2. The molecule has 5 rings (SSSR count). The van der Waals surface area contributed by atoms with Gasteiger partial charge in [-0.3, -0.25) is 9.36 Å². The molecule has 3 aromatic heterocycles. The van der Waals surface area contributed by atoms with Gasteiger partial charge in [-0.05, 0) is 50.3 Å². The number of benzene rings is 1. The van der Waals surface area contributed by atoms with E-state index >= 15 is 0 Å². The molecule has 0 saturated carbocycles. The maximum atomic E-state index is 13.2. The Kier molecular flexibility index (Phi) is 4.28. The minimum atomic E-state index is 0.119. The number of H-pyrrole nitrogens is 1. The van der Waals surface area contributed by atoms with Gasteiger partial charge in [0.2, 0.25) is 0 Å². The lowest BCUT2D eigenvalue weighted by Gasteiger charge is -2.11. The molecule has 0 unspecified atom stereocenters. The average molecular weight is 397 g/mol. The van der Waals surface area contributed by atoms with Crippen molar-refractivity contribution in [1.29, 1.82) is 0 Å². The highest BCUT2D eigenvalue weighted by molar-refractivity contribution is 7.98. The van der Waals surface area contributed by atoms with Crippen molar-refractivity contribution >= 4 is 44.3 Å². The van der Waals surface area contributed by atoms with Crippen molar-refractivity contribution in [1.82, 2.24) is 19.5 Å². The third-order valence-electron chi connectivity index (χ3n) is 5.13. The van der Waals surface area contributed by atoms with Crippen molar-refractivity contribution in [2.24, 2.45) is 0 Å².